The molecule has 18 heavy (non-hydrogen) atoms. The number of rotatable bonds is 3. The Morgan fingerprint density at radius 3 is 3.06 bits per heavy atom. The molecule has 0 saturated carbocycles. The number of benzene rings is 1. The fourth-order valence-electron chi connectivity index (χ4n) is 1.77. The van der Waals surface area contributed by atoms with Gasteiger partial charge in [-0.2, -0.15) is 5.21 Å². The van der Waals surface area contributed by atoms with Crippen molar-refractivity contribution in [1.29, 1.82) is 0 Å². The second-order valence-corrected chi connectivity index (χ2v) is 3.78. The molecule has 3 aromatic rings. The molecule has 0 unspecified atom stereocenters. The van der Waals surface area contributed by atoms with Gasteiger partial charge in [0.1, 0.15) is 0 Å². The van der Waals surface area contributed by atoms with Gasteiger partial charge in [0.15, 0.2) is 5.82 Å². The van der Waals surface area contributed by atoms with Crippen LogP contribution in [0.25, 0.3) is 10.9 Å². The highest BCUT2D eigenvalue weighted by Crippen LogP contribution is 2.26. The third-order valence-corrected chi connectivity index (χ3v) is 2.63. The second-order valence-electron chi connectivity index (χ2n) is 3.78. The summed E-state index contributed by atoms with van der Waals surface area (Å²) in [6, 6.07) is 7.55. The zero-order valence-electron chi connectivity index (χ0n) is 9.46. The largest absolute Gasteiger partial charge is 0.398 e. The highest BCUT2D eigenvalue weighted by atomic mass is 15.5. The molecule has 7 nitrogen and oxygen atoms in total. The van der Waals surface area contributed by atoms with E-state index in [-0.39, 0.29) is 0 Å². The molecule has 0 saturated heterocycles. The number of nitrogens with zero attached hydrogens (tertiary/aromatic N) is 4. The van der Waals surface area contributed by atoms with Crippen molar-refractivity contribution in [1.82, 2.24) is 25.6 Å². The zero-order chi connectivity index (χ0) is 12.4. The first-order valence-electron chi connectivity index (χ1n) is 5.44. The summed E-state index contributed by atoms with van der Waals surface area (Å²) in [6.07, 6.45) is 1.74. The van der Waals surface area contributed by atoms with Crippen LogP contribution in [0.3, 0.4) is 0 Å². The standard InChI is InChI=1S/C11H11N7/c12-8-3-4-9(11-7(8)2-1-5-13-11)14-6-10-15-17-18-16-10/h1-5,14H,6,12H2,(H,15,16,17,18). The molecular formula is C11H11N7. The number of tetrazole rings is 1. The van der Waals surface area contributed by atoms with E-state index < -0.39 is 0 Å². The number of nitrogens with one attached hydrogen (secondary N) is 2. The number of hydrogen-bond acceptors (Lipinski definition) is 6. The molecule has 0 fully saturated rings. The van der Waals surface area contributed by atoms with E-state index in [9.17, 15) is 0 Å². The van der Waals surface area contributed by atoms with Gasteiger partial charge >= 0.3 is 0 Å². The van der Waals surface area contributed by atoms with E-state index in [0.717, 1.165) is 16.6 Å². The normalized spacial score (nSPS) is 10.7. The van der Waals surface area contributed by atoms with Crippen molar-refractivity contribution in [2.75, 3.05) is 11.1 Å². The lowest BCUT2D eigenvalue weighted by molar-refractivity contribution is 0.881. The Hall–Kier alpha value is -2.70. The predicted octanol–water partition coefficient (Wildman–Crippen LogP) is 0.942. The Balaban J connectivity index is 1.94. The van der Waals surface area contributed by atoms with Crippen LogP contribution in [0.1, 0.15) is 5.82 Å². The van der Waals surface area contributed by atoms with Crippen molar-refractivity contribution < 1.29 is 0 Å². The number of nitrogen functional groups attached to an aromatic ring is 1. The maximum absolute atomic E-state index is 5.91. The Kier molecular flexibility index (Phi) is 2.49. The SMILES string of the molecule is Nc1ccc(NCc2nn[nH]n2)c2ncccc12. The third kappa shape index (κ3) is 1.81. The summed E-state index contributed by atoms with van der Waals surface area (Å²) in [7, 11) is 0. The lowest BCUT2D eigenvalue weighted by Gasteiger charge is -2.08. The van der Waals surface area contributed by atoms with Crippen LogP contribution in [0, 0.1) is 0 Å². The fourth-order valence-corrected chi connectivity index (χ4v) is 1.77. The van der Waals surface area contributed by atoms with Gasteiger partial charge in [-0.25, -0.2) is 0 Å². The Morgan fingerprint density at radius 2 is 2.22 bits per heavy atom. The summed E-state index contributed by atoms with van der Waals surface area (Å²) < 4.78 is 0. The summed E-state index contributed by atoms with van der Waals surface area (Å²) in [4.78, 5) is 4.34. The van der Waals surface area contributed by atoms with Crippen LogP contribution in [0.4, 0.5) is 11.4 Å². The Bertz CT molecular complexity index is 662. The highest BCUT2D eigenvalue weighted by molar-refractivity contribution is 5.98. The van der Waals surface area contributed by atoms with Crippen molar-refractivity contribution in [3.05, 3.63) is 36.3 Å². The van der Waals surface area contributed by atoms with Crippen LogP contribution in [-0.2, 0) is 6.54 Å². The first-order chi connectivity index (χ1) is 8.84. The van der Waals surface area contributed by atoms with Gasteiger partial charge < -0.3 is 11.1 Å². The van der Waals surface area contributed by atoms with Gasteiger partial charge in [0, 0.05) is 17.3 Å². The van der Waals surface area contributed by atoms with Crippen LogP contribution in [0.15, 0.2) is 30.5 Å². The zero-order valence-corrected chi connectivity index (χ0v) is 9.46. The van der Waals surface area contributed by atoms with Crippen molar-refractivity contribution in [2.24, 2.45) is 0 Å². The van der Waals surface area contributed by atoms with Crippen molar-refractivity contribution in [3.8, 4) is 0 Å². The van der Waals surface area contributed by atoms with E-state index in [1.165, 1.54) is 0 Å². The van der Waals surface area contributed by atoms with Crippen LogP contribution >= 0.6 is 0 Å². The topological polar surface area (TPSA) is 105 Å². The van der Waals surface area contributed by atoms with Crippen LogP contribution in [0.5, 0.6) is 0 Å². The van der Waals surface area contributed by atoms with Gasteiger partial charge in [0.25, 0.3) is 0 Å². The van der Waals surface area contributed by atoms with Crippen molar-refractivity contribution in [3.63, 3.8) is 0 Å². The van der Waals surface area contributed by atoms with Gasteiger partial charge in [-0.1, -0.05) is 5.21 Å². The number of hydrogen-bond donors (Lipinski definition) is 3. The second kappa shape index (κ2) is 4.28. The predicted molar refractivity (Wildman–Crippen MR) is 67.7 cm³/mol. The van der Waals surface area contributed by atoms with Gasteiger partial charge in [-0.05, 0) is 24.3 Å². The molecule has 1 aromatic carbocycles. The number of pyridine rings is 1. The van der Waals surface area contributed by atoms with E-state index in [0.29, 0.717) is 18.1 Å². The molecule has 0 amide bonds. The van der Waals surface area contributed by atoms with Gasteiger partial charge in [0.05, 0.1) is 17.7 Å². The lowest BCUT2D eigenvalue weighted by atomic mass is 10.1. The first-order valence-corrected chi connectivity index (χ1v) is 5.44. The lowest BCUT2D eigenvalue weighted by Crippen LogP contribution is -2.03. The molecule has 2 heterocycles. The average Bonchev–Trinajstić information content (AvgIpc) is 2.92. The number of aromatic amines is 1. The van der Waals surface area contributed by atoms with Gasteiger partial charge in [0.2, 0.25) is 0 Å². The molecule has 3 rings (SSSR count). The highest BCUT2D eigenvalue weighted by Gasteiger charge is 2.05. The van der Waals surface area contributed by atoms with E-state index in [1.54, 1.807) is 6.20 Å². The molecule has 0 aliphatic rings. The Labute approximate surface area is 102 Å². The smallest absolute Gasteiger partial charge is 0.193 e. The molecule has 0 aliphatic heterocycles. The molecule has 90 valence electrons. The minimum Gasteiger partial charge on any atom is -0.398 e. The first kappa shape index (κ1) is 10.5. The van der Waals surface area contributed by atoms with Crippen LogP contribution < -0.4 is 11.1 Å². The molecule has 2 aromatic heterocycles. The number of fused-ring (bicyclic) bond motifs is 1. The minimum atomic E-state index is 0.478. The molecule has 0 spiro atoms. The monoisotopic (exact) mass is 241 g/mol. The van der Waals surface area contributed by atoms with Crippen LogP contribution in [-0.4, -0.2) is 25.6 Å². The maximum atomic E-state index is 5.91. The summed E-state index contributed by atoms with van der Waals surface area (Å²) in [5.41, 5.74) is 8.35. The van der Waals surface area contributed by atoms with Gasteiger partial charge in [-0.3, -0.25) is 4.98 Å². The summed E-state index contributed by atoms with van der Waals surface area (Å²) >= 11 is 0. The van der Waals surface area contributed by atoms with E-state index in [4.69, 9.17) is 5.73 Å². The molecule has 4 N–H and O–H groups in total. The molecule has 0 atom stereocenters. The number of anilines is 2. The summed E-state index contributed by atoms with van der Waals surface area (Å²) in [5.74, 6) is 0.593. The fraction of sp³-hybridized carbons (Fsp3) is 0.0909. The molecule has 7 heteroatoms. The third-order valence-electron chi connectivity index (χ3n) is 2.63. The van der Waals surface area contributed by atoms with Crippen LogP contribution in [0.2, 0.25) is 0 Å². The van der Waals surface area contributed by atoms with Crippen molar-refractivity contribution in [2.45, 2.75) is 6.54 Å². The number of nitrogens with two attached hydrogens (primary N) is 1. The molecule has 0 bridgehead atoms. The molecule has 0 radical (unpaired) electrons. The van der Waals surface area contributed by atoms with E-state index >= 15 is 0 Å². The molecular weight excluding hydrogens is 230 g/mol. The van der Waals surface area contributed by atoms with Gasteiger partial charge in [-0.15, -0.1) is 10.2 Å². The number of aromatic nitrogens is 5. The minimum absolute atomic E-state index is 0.478. The summed E-state index contributed by atoms with van der Waals surface area (Å²) in [6.45, 7) is 0.478. The maximum Gasteiger partial charge on any atom is 0.193 e. The average molecular weight is 241 g/mol. The quantitative estimate of drug-likeness (QED) is 0.589. The van der Waals surface area contributed by atoms with Crippen molar-refractivity contribution >= 4 is 22.3 Å². The van der Waals surface area contributed by atoms with E-state index in [1.807, 2.05) is 24.3 Å². The molecule has 0 aliphatic carbocycles. The Morgan fingerprint density at radius 1 is 1.28 bits per heavy atom. The number of H-pyrrole nitrogens is 1. The summed E-state index contributed by atoms with van der Waals surface area (Å²) in [5, 5.41) is 17.8. The van der Waals surface area contributed by atoms with E-state index in [2.05, 4.69) is 30.9 Å².